The molecule has 2 N–H and O–H groups in total. The lowest BCUT2D eigenvalue weighted by Gasteiger charge is -2.12. The maximum Gasteiger partial charge on any atom is 0.270 e. The number of nitrogens with one attached hydrogen (secondary N) is 2. The van der Waals surface area contributed by atoms with Crippen molar-refractivity contribution in [3.8, 4) is 0 Å². The lowest BCUT2D eigenvalue weighted by atomic mass is 10.1. The number of aliphatic imine (C=N–C) groups is 1. The van der Waals surface area contributed by atoms with Crippen LogP contribution in [0.15, 0.2) is 23.2 Å². The van der Waals surface area contributed by atoms with Gasteiger partial charge in [0.05, 0.1) is 6.54 Å². The minimum absolute atomic E-state index is 0.159. The number of nitrogens with zero attached hydrogens (tertiary/aromatic N) is 3. The zero-order valence-electron chi connectivity index (χ0n) is 14.4. The van der Waals surface area contributed by atoms with Crippen molar-refractivity contribution in [2.24, 2.45) is 4.99 Å². The van der Waals surface area contributed by atoms with Gasteiger partial charge in [-0.2, -0.15) is 13.8 Å². The van der Waals surface area contributed by atoms with Crippen molar-refractivity contribution < 1.29 is 13.6 Å². The molecule has 6 nitrogen and oxygen atoms in total. The first-order valence-corrected chi connectivity index (χ1v) is 8.49. The second-order valence-corrected chi connectivity index (χ2v) is 5.98. The zero-order chi connectivity index (χ0) is 18.5. The van der Waals surface area contributed by atoms with Crippen LogP contribution in [-0.4, -0.2) is 28.6 Å². The topological polar surface area (TPSA) is 79.3 Å². The predicted octanol–water partition coefficient (Wildman–Crippen LogP) is 3.35. The Labute approximate surface area is 149 Å². The summed E-state index contributed by atoms with van der Waals surface area (Å²) in [5.74, 6) is -1.85. The quantitative estimate of drug-likeness (QED) is 0.587. The van der Waals surface area contributed by atoms with E-state index in [1.54, 1.807) is 12.3 Å². The van der Waals surface area contributed by atoms with E-state index in [0.717, 1.165) is 42.5 Å². The molecule has 0 unspecified atom stereocenters. The first-order valence-electron chi connectivity index (χ1n) is 8.49. The molecule has 1 aliphatic heterocycles. The van der Waals surface area contributed by atoms with Gasteiger partial charge in [-0.1, -0.05) is 19.8 Å². The Morgan fingerprint density at radius 3 is 2.65 bits per heavy atom. The molecule has 1 aliphatic rings. The van der Waals surface area contributed by atoms with Gasteiger partial charge in [-0.3, -0.25) is 9.79 Å². The average molecular weight is 359 g/mol. The second kappa shape index (κ2) is 7.99. The molecule has 1 amide bonds. The zero-order valence-corrected chi connectivity index (χ0v) is 14.4. The molecule has 2 aromatic rings. The Bertz CT molecular complexity index is 833. The van der Waals surface area contributed by atoms with E-state index in [0.29, 0.717) is 18.9 Å². The molecule has 0 bridgehead atoms. The summed E-state index contributed by atoms with van der Waals surface area (Å²) in [5.41, 5.74) is 1.94. The van der Waals surface area contributed by atoms with Crippen molar-refractivity contribution in [2.75, 3.05) is 11.9 Å². The van der Waals surface area contributed by atoms with Crippen molar-refractivity contribution in [3.05, 3.63) is 46.9 Å². The standard InChI is InChI=1S/C18H19F2N5O/c1-2-3-4-5-22-18(26)17-13-10-21-9-11(13)6-16(25-17)23-12-7-14(19)24-15(20)8-12/h6-9H,2-5,10H2,1H3,(H,22,26)(H,23,24,25). The van der Waals surface area contributed by atoms with Crippen molar-refractivity contribution in [1.82, 2.24) is 15.3 Å². The lowest BCUT2D eigenvalue weighted by Crippen LogP contribution is -2.27. The van der Waals surface area contributed by atoms with Gasteiger partial charge in [0.15, 0.2) is 0 Å². The summed E-state index contributed by atoms with van der Waals surface area (Å²) in [5, 5.41) is 5.67. The summed E-state index contributed by atoms with van der Waals surface area (Å²) in [6, 6.07) is 3.79. The van der Waals surface area contributed by atoms with E-state index in [-0.39, 0.29) is 17.3 Å². The maximum atomic E-state index is 13.3. The summed E-state index contributed by atoms with van der Waals surface area (Å²) < 4.78 is 26.5. The molecule has 0 aromatic carbocycles. The Morgan fingerprint density at radius 2 is 1.92 bits per heavy atom. The fourth-order valence-electron chi connectivity index (χ4n) is 2.71. The van der Waals surface area contributed by atoms with Crippen LogP contribution in [0.4, 0.5) is 20.3 Å². The largest absolute Gasteiger partial charge is 0.351 e. The van der Waals surface area contributed by atoms with E-state index in [1.165, 1.54) is 0 Å². The minimum Gasteiger partial charge on any atom is -0.351 e. The summed E-state index contributed by atoms with van der Waals surface area (Å²) in [4.78, 5) is 24.0. The maximum absolute atomic E-state index is 13.3. The molecule has 8 heteroatoms. The van der Waals surface area contributed by atoms with Crippen LogP contribution in [0.25, 0.3) is 0 Å². The number of halogens is 2. The molecule has 2 aromatic heterocycles. The molecule has 0 saturated carbocycles. The van der Waals surface area contributed by atoms with E-state index >= 15 is 0 Å². The van der Waals surface area contributed by atoms with Gasteiger partial charge in [0, 0.05) is 41.7 Å². The number of anilines is 2. The molecule has 136 valence electrons. The molecule has 0 saturated heterocycles. The number of hydrogen-bond acceptors (Lipinski definition) is 5. The molecule has 0 radical (unpaired) electrons. The van der Waals surface area contributed by atoms with Gasteiger partial charge in [0.1, 0.15) is 11.5 Å². The van der Waals surface area contributed by atoms with Gasteiger partial charge in [0.2, 0.25) is 11.9 Å². The molecule has 0 fully saturated rings. The molecular weight excluding hydrogens is 340 g/mol. The van der Waals surface area contributed by atoms with Crippen molar-refractivity contribution in [1.29, 1.82) is 0 Å². The highest BCUT2D eigenvalue weighted by Gasteiger charge is 2.20. The fraction of sp³-hybridized carbons (Fsp3) is 0.333. The predicted molar refractivity (Wildman–Crippen MR) is 94.8 cm³/mol. The Hall–Kier alpha value is -2.90. The van der Waals surface area contributed by atoms with E-state index in [4.69, 9.17) is 0 Å². The Morgan fingerprint density at radius 1 is 1.15 bits per heavy atom. The molecule has 0 aliphatic carbocycles. The summed E-state index contributed by atoms with van der Waals surface area (Å²) in [7, 11) is 0. The van der Waals surface area contributed by atoms with E-state index < -0.39 is 11.9 Å². The normalized spacial score (nSPS) is 12.1. The van der Waals surface area contributed by atoms with Crippen LogP contribution in [0.3, 0.4) is 0 Å². The van der Waals surface area contributed by atoms with Crippen molar-refractivity contribution in [3.63, 3.8) is 0 Å². The minimum atomic E-state index is -0.941. The molecular formula is C18H19F2N5O. The number of unbranched alkanes of at least 4 members (excludes halogenated alkanes) is 2. The first-order chi connectivity index (χ1) is 12.6. The Balaban J connectivity index is 1.83. The number of pyridine rings is 2. The number of hydrogen-bond donors (Lipinski definition) is 2. The third-order valence-corrected chi connectivity index (χ3v) is 3.95. The third-order valence-electron chi connectivity index (χ3n) is 3.95. The number of aromatic nitrogens is 2. The smallest absolute Gasteiger partial charge is 0.270 e. The van der Waals surface area contributed by atoms with Gasteiger partial charge < -0.3 is 10.6 Å². The average Bonchev–Trinajstić information content (AvgIpc) is 3.05. The highest BCUT2D eigenvalue weighted by atomic mass is 19.1. The summed E-state index contributed by atoms with van der Waals surface area (Å²) in [6.45, 7) is 3.05. The fourth-order valence-corrected chi connectivity index (χ4v) is 2.71. The van der Waals surface area contributed by atoms with Crippen LogP contribution in [0.2, 0.25) is 0 Å². The highest BCUT2D eigenvalue weighted by molar-refractivity contribution is 5.98. The number of rotatable bonds is 7. The van der Waals surface area contributed by atoms with Crippen LogP contribution in [0.1, 0.15) is 47.8 Å². The van der Waals surface area contributed by atoms with Crippen molar-refractivity contribution >= 4 is 23.6 Å². The first kappa shape index (κ1) is 17.9. The monoisotopic (exact) mass is 359 g/mol. The molecule has 0 spiro atoms. The van der Waals surface area contributed by atoms with E-state index in [9.17, 15) is 13.6 Å². The van der Waals surface area contributed by atoms with Crippen LogP contribution in [0, 0.1) is 11.9 Å². The number of amides is 1. The molecule has 0 atom stereocenters. The van der Waals surface area contributed by atoms with Crippen LogP contribution in [-0.2, 0) is 6.54 Å². The van der Waals surface area contributed by atoms with E-state index in [1.807, 2.05) is 0 Å². The van der Waals surface area contributed by atoms with Gasteiger partial charge in [-0.25, -0.2) is 4.98 Å². The SMILES string of the molecule is CCCCCNC(=O)c1nc(Nc2cc(F)nc(F)c2)cc2c1CN=C2. The molecule has 3 rings (SSSR count). The number of carbonyl (C=O) groups is 1. The lowest BCUT2D eigenvalue weighted by molar-refractivity contribution is 0.0947. The van der Waals surface area contributed by atoms with Crippen molar-refractivity contribution in [2.45, 2.75) is 32.7 Å². The number of carbonyl (C=O) groups excluding carboxylic acids is 1. The van der Waals surface area contributed by atoms with E-state index in [2.05, 4.69) is 32.5 Å². The van der Waals surface area contributed by atoms with Gasteiger partial charge in [0.25, 0.3) is 5.91 Å². The summed E-state index contributed by atoms with van der Waals surface area (Å²) in [6.07, 6.45) is 4.66. The van der Waals surface area contributed by atoms with Crippen LogP contribution >= 0.6 is 0 Å². The van der Waals surface area contributed by atoms with Gasteiger partial charge >= 0.3 is 0 Å². The molecule has 3 heterocycles. The Kier molecular flexibility index (Phi) is 5.50. The van der Waals surface area contributed by atoms with Gasteiger partial charge in [-0.15, -0.1) is 0 Å². The highest BCUT2D eigenvalue weighted by Crippen LogP contribution is 2.24. The number of fused-ring (bicyclic) bond motifs is 1. The van der Waals surface area contributed by atoms with Crippen LogP contribution < -0.4 is 10.6 Å². The third kappa shape index (κ3) is 4.19. The van der Waals surface area contributed by atoms with Crippen LogP contribution in [0.5, 0.6) is 0 Å². The summed E-state index contributed by atoms with van der Waals surface area (Å²) >= 11 is 0. The second-order valence-electron chi connectivity index (χ2n) is 5.98. The molecule has 26 heavy (non-hydrogen) atoms. The van der Waals surface area contributed by atoms with Gasteiger partial charge in [-0.05, 0) is 12.5 Å².